The van der Waals surface area contributed by atoms with Crippen LogP contribution in [-0.4, -0.2) is 19.7 Å². The molecule has 16 heavy (non-hydrogen) atoms. The molecule has 1 aliphatic heterocycles. The predicted molar refractivity (Wildman–Crippen MR) is 66.9 cm³/mol. The molecule has 1 aromatic rings. The minimum atomic E-state index is 0.635. The Bertz CT molecular complexity index is 337. The second-order valence-corrected chi connectivity index (χ2v) is 4.84. The Morgan fingerprint density at radius 1 is 1.44 bits per heavy atom. The fraction of sp³-hybridized carbons (Fsp3) is 0.571. The zero-order valence-electron chi connectivity index (χ0n) is 10.2. The summed E-state index contributed by atoms with van der Waals surface area (Å²) in [6.45, 7) is 3.51. The van der Waals surface area contributed by atoms with Gasteiger partial charge >= 0.3 is 0 Å². The number of hydrogen-bond donors (Lipinski definition) is 1. The zero-order valence-corrected chi connectivity index (χ0v) is 10.2. The molecule has 0 bridgehead atoms. The fourth-order valence-electron chi connectivity index (χ4n) is 2.46. The highest BCUT2D eigenvalue weighted by molar-refractivity contribution is 5.29. The molecule has 1 fully saturated rings. The maximum atomic E-state index is 5.24. The van der Waals surface area contributed by atoms with E-state index in [0.29, 0.717) is 6.04 Å². The highest BCUT2D eigenvalue weighted by atomic mass is 16.5. The molecular weight excluding hydrogens is 198 g/mol. The number of rotatable bonds is 3. The molecule has 2 unspecified atom stereocenters. The van der Waals surface area contributed by atoms with Crippen molar-refractivity contribution in [1.29, 1.82) is 0 Å². The maximum Gasteiger partial charge on any atom is 0.119 e. The summed E-state index contributed by atoms with van der Waals surface area (Å²) in [7, 11) is 1.72. The van der Waals surface area contributed by atoms with Gasteiger partial charge in [-0.05, 0) is 49.4 Å². The largest absolute Gasteiger partial charge is 0.497 e. The van der Waals surface area contributed by atoms with Crippen LogP contribution in [0, 0.1) is 5.92 Å². The third-order valence-electron chi connectivity index (χ3n) is 3.37. The standard InChI is InChI=1S/C14H21NO/c1-11-6-7-15-13(8-11)9-12-4-3-5-14(10-12)16-2/h3-5,10-11,13,15H,6-9H2,1-2H3. The van der Waals surface area contributed by atoms with Crippen molar-refractivity contribution < 1.29 is 4.74 Å². The van der Waals surface area contributed by atoms with E-state index in [9.17, 15) is 0 Å². The van der Waals surface area contributed by atoms with Crippen LogP contribution < -0.4 is 10.1 Å². The van der Waals surface area contributed by atoms with Crippen molar-refractivity contribution in [3.8, 4) is 5.75 Å². The van der Waals surface area contributed by atoms with Gasteiger partial charge < -0.3 is 10.1 Å². The Morgan fingerprint density at radius 3 is 3.06 bits per heavy atom. The number of benzene rings is 1. The highest BCUT2D eigenvalue weighted by Gasteiger charge is 2.18. The van der Waals surface area contributed by atoms with Gasteiger partial charge in [0.15, 0.2) is 0 Å². The lowest BCUT2D eigenvalue weighted by atomic mass is 9.90. The van der Waals surface area contributed by atoms with E-state index in [1.54, 1.807) is 7.11 Å². The number of ether oxygens (including phenoxy) is 1. The van der Waals surface area contributed by atoms with Gasteiger partial charge in [-0.15, -0.1) is 0 Å². The van der Waals surface area contributed by atoms with Crippen molar-refractivity contribution in [2.75, 3.05) is 13.7 Å². The summed E-state index contributed by atoms with van der Waals surface area (Å²) in [5, 5.41) is 3.59. The van der Waals surface area contributed by atoms with Gasteiger partial charge in [0, 0.05) is 6.04 Å². The van der Waals surface area contributed by atoms with Crippen LogP contribution in [0.3, 0.4) is 0 Å². The zero-order chi connectivity index (χ0) is 11.4. The van der Waals surface area contributed by atoms with Gasteiger partial charge in [-0.25, -0.2) is 0 Å². The minimum Gasteiger partial charge on any atom is -0.497 e. The second-order valence-electron chi connectivity index (χ2n) is 4.84. The number of methoxy groups -OCH3 is 1. The van der Waals surface area contributed by atoms with Crippen molar-refractivity contribution in [3.05, 3.63) is 29.8 Å². The van der Waals surface area contributed by atoms with E-state index in [1.807, 2.05) is 6.07 Å². The third-order valence-corrected chi connectivity index (χ3v) is 3.37. The Hall–Kier alpha value is -1.02. The quantitative estimate of drug-likeness (QED) is 0.843. The summed E-state index contributed by atoms with van der Waals surface area (Å²) in [4.78, 5) is 0. The summed E-state index contributed by atoms with van der Waals surface area (Å²) in [6, 6.07) is 9.03. The molecule has 1 N–H and O–H groups in total. The predicted octanol–water partition coefficient (Wildman–Crippen LogP) is 2.63. The first kappa shape index (κ1) is 11.5. The topological polar surface area (TPSA) is 21.3 Å². The lowest BCUT2D eigenvalue weighted by molar-refractivity contribution is 0.318. The molecule has 0 amide bonds. The molecule has 1 aliphatic rings. The summed E-state index contributed by atoms with van der Waals surface area (Å²) >= 11 is 0. The molecule has 0 saturated carbocycles. The van der Waals surface area contributed by atoms with E-state index in [-0.39, 0.29) is 0 Å². The van der Waals surface area contributed by atoms with Crippen molar-refractivity contribution >= 4 is 0 Å². The van der Waals surface area contributed by atoms with Crippen LogP contribution in [0.4, 0.5) is 0 Å². The summed E-state index contributed by atoms with van der Waals surface area (Å²) in [5.41, 5.74) is 1.37. The van der Waals surface area contributed by atoms with Gasteiger partial charge in [0.1, 0.15) is 5.75 Å². The van der Waals surface area contributed by atoms with Crippen LogP contribution in [0.1, 0.15) is 25.3 Å². The van der Waals surface area contributed by atoms with E-state index >= 15 is 0 Å². The molecule has 0 aliphatic carbocycles. The van der Waals surface area contributed by atoms with Gasteiger partial charge in [-0.2, -0.15) is 0 Å². The van der Waals surface area contributed by atoms with Gasteiger partial charge in [-0.1, -0.05) is 19.1 Å². The van der Waals surface area contributed by atoms with Crippen LogP contribution in [0.5, 0.6) is 5.75 Å². The molecular formula is C14H21NO. The average Bonchev–Trinajstić information content (AvgIpc) is 2.29. The molecule has 2 heteroatoms. The lowest BCUT2D eigenvalue weighted by Crippen LogP contribution is -2.38. The molecule has 1 saturated heterocycles. The smallest absolute Gasteiger partial charge is 0.119 e. The van der Waals surface area contributed by atoms with Crippen molar-refractivity contribution in [2.24, 2.45) is 5.92 Å². The Morgan fingerprint density at radius 2 is 2.31 bits per heavy atom. The van der Waals surface area contributed by atoms with E-state index in [2.05, 4.69) is 30.4 Å². The molecule has 0 aromatic heterocycles. The Balaban J connectivity index is 1.97. The molecule has 0 spiro atoms. The van der Waals surface area contributed by atoms with Crippen LogP contribution in [0.25, 0.3) is 0 Å². The molecule has 2 atom stereocenters. The highest BCUT2D eigenvalue weighted by Crippen LogP contribution is 2.20. The fourth-order valence-corrected chi connectivity index (χ4v) is 2.46. The summed E-state index contributed by atoms with van der Waals surface area (Å²) in [5.74, 6) is 1.82. The lowest BCUT2D eigenvalue weighted by Gasteiger charge is -2.28. The van der Waals surface area contributed by atoms with Gasteiger partial charge in [-0.3, -0.25) is 0 Å². The number of nitrogens with one attached hydrogen (secondary N) is 1. The molecule has 0 radical (unpaired) electrons. The first-order valence-electron chi connectivity index (χ1n) is 6.14. The first-order valence-corrected chi connectivity index (χ1v) is 6.14. The van der Waals surface area contributed by atoms with E-state index < -0.39 is 0 Å². The number of piperidine rings is 1. The minimum absolute atomic E-state index is 0.635. The number of hydrogen-bond acceptors (Lipinski definition) is 2. The maximum absolute atomic E-state index is 5.24. The van der Waals surface area contributed by atoms with Gasteiger partial charge in [0.25, 0.3) is 0 Å². The van der Waals surface area contributed by atoms with E-state index in [1.165, 1.54) is 18.4 Å². The molecule has 2 nitrogen and oxygen atoms in total. The van der Waals surface area contributed by atoms with Crippen LogP contribution in [0.15, 0.2) is 24.3 Å². The molecule has 1 aromatic carbocycles. The molecule has 2 rings (SSSR count). The van der Waals surface area contributed by atoms with Crippen molar-refractivity contribution in [1.82, 2.24) is 5.32 Å². The van der Waals surface area contributed by atoms with Crippen molar-refractivity contribution in [3.63, 3.8) is 0 Å². The van der Waals surface area contributed by atoms with Gasteiger partial charge in [0.05, 0.1) is 7.11 Å². The normalized spacial score (nSPS) is 25.4. The average molecular weight is 219 g/mol. The second kappa shape index (κ2) is 5.35. The van der Waals surface area contributed by atoms with Crippen LogP contribution in [-0.2, 0) is 6.42 Å². The van der Waals surface area contributed by atoms with Crippen LogP contribution in [0.2, 0.25) is 0 Å². The monoisotopic (exact) mass is 219 g/mol. The van der Waals surface area contributed by atoms with E-state index in [4.69, 9.17) is 4.74 Å². The molecule has 88 valence electrons. The van der Waals surface area contributed by atoms with E-state index in [0.717, 1.165) is 24.6 Å². The molecule has 1 heterocycles. The van der Waals surface area contributed by atoms with Crippen LogP contribution >= 0.6 is 0 Å². The third kappa shape index (κ3) is 2.99. The van der Waals surface area contributed by atoms with Crippen molar-refractivity contribution in [2.45, 2.75) is 32.2 Å². The Kier molecular flexibility index (Phi) is 3.83. The van der Waals surface area contributed by atoms with Gasteiger partial charge in [0.2, 0.25) is 0 Å². The Labute approximate surface area is 98.0 Å². The summed E-state index contributed by atoms with van der Waals surface area (Å²) < 4.78 is 5.24. The summed E-state index contributed by atoms with van der Waals surface area (Å²) in [6.07, 6.45) is 3.72. The SMILES string of the molecule is COc1cccc(CC2CC(C)CCN2)c1. The first-order chi connectivity index (χ1) is 7.78.